The average molecular weight is 289 g/mol. The van der Waals surface area contributed by atoms with Crippen LogP contribution in [0.25, 0.3) is 0 Å². The van der Waals surface area contributed by atoms with Crippen LogP contribution in [0.5, 0.6) is 0 Å². The highest BCUT2D eigenvalue weighted by Crippen LogP contribution is 2.19. The van der Waals surface area contributed by atoms with Crippen molar-refractivity contribution in [3.8, 4) is 6.07 Å². The Kier molecular flexibility index (Phi) is 3.59. The summed E-state index contributed by atoms with van der Waals surface area (Å²) in [7, 11) is -3.99. The van der Waals surface area contributed by atoms with Crippen LogP contribution >= 0.6 is 0 Å². The molecule has 0 fully saturated rings. The van der Waals surface area contributed by atoms with E-state index < -0.39 is 15.5 Å². The molecule has 2 aromatic rings. The first-order valence-corrected chi connectivity index (χ1v) is 7.13. The van der Waals surface area contributed by atoms with Crippen molar-refractivity contribution in [1.82, 2.24) is 4.98 Å². The highest BCUT2D eigenvalue weighted by Gasteiger charge is 2.18. The third-order valence-corrected chi connectivity index (χ3v) is 4.08. The lowest BCUT2D eigenvalue weighted by atomic mass is 10.1. The summed E-state index contributed by atoms with van der Waals surface area (Å²) < 4.78 is 26.6. The maximum atomic E-state index is 12.2. The molecule has 0 unspecified atom stereocenters. The minimum absolute atomic E-state index is 0.271. The number of anilines is 1. The summed E-state index contributed by atoms with van der Waals surface area (Å²) in [5, 5.41) is 8.83. The number of aryl methyl sites for hydroxylation is 1. The predicted molar refractivity (Wildman–Crippen MR) is 73.8 cm³/mol. The van der Waals surface area contributed by atoms with Gasteiger partial charge in [-0.1, -0.05) is 6.07 Å². The van der Waals surface area contributed by atoms with Crippen LogP contribution in [-0.2, 0) is 10.0 Å². The van der Waals surface area contributed by atoms with E-state index >= 15 is 0 Å². The highest BCUT2D eigenvalue weighted by atomic mass is 32.2. The summed E-state index contributed by atoms with van der Waals surface area (Å²) in [4.78, 5) is 13.8. The lowest BCUT2D eigenvalue weighted by molar-refractivity contribution is 0.600. The second-order valence-electron chi connectivity index (χ2n) is 4.12. The number of hydrogen-bond donors (Lipinski definition) is 2. The van der Waals surface area contributed by atoms with Gasteiger partial charge in [-0.15, -0.1) is 0 Å². The van der Waals surface area contributed by atoms with Gasteiger partial charge in [0, 0.05) is 18.5 Å². The lowest BCUT2D eigenvalue weighted by Crippen LogP contribution is -2.21. The molecule has 1 aromatic heterocycles. The summed E-state index contributed by atoms with van der Waals surface area (Å²) in [5.41, 5.74) is 0.646. The largest absolute Gasteiger partial charge is 0.366 e. The van der Waals surface area contributed by atoms with E-state index in [1.54, 1.807) is 19.1 Å². The molecule has 0 bridgehead atoms. The summed E-state index contributed by atoms with van der Waals surface area (Å²) >= 11 is 0. The molecule has 2 N–H and O–H groups in total. The Bertz CT molecular complexity index is 848. The molecule has 0 radical (unpaired) electrons. The van der Waals surface area contributed by atoms with Crippen LogP contribution in [0, 0.1) is 18.3 Å². The number of benzene rings is 1. The van der Waals surface area contributed by atoms with Gasteiger partial charge in [-0.3, -0.25) is 9.52 Å². The van der Waals surface area contributed by atoms with Gasteiger partial charge in [-0.25, -0.2) is 8.42 Å². The molecule has 0 spiro atoms. The maximum Gasteiger partial charge on any atom is 0.267 e. The number of aromatic amines is 1. The van der Waals surface area contributed by atoms with Crippen molar-refractivity contribution < 1.29 is 8.42 Å². The van der Waals surface area contributed by atoms with E-state index in [2.05, 4.69) is 9.71 Å². The Morgan fingerprint density at radius 1 is 1.30 bits per heavy atom. The summed E-state index contributed by atoms with van der Waals surface area (Å²) in [5.74, 6) is 0. The molecular weight excluding hydrogens is 278 g/mol. The van der Waals surface area contributed by atoms with Gasteiger partial charge in [0.25, 0.3) is 10.0 Å². The SMILES string of the molecule is Cc1ccc(C#N)cc1NS(=O)(=O)c1c[nH]ccc1=O. The van der Waals surface area contributed by atoms with Crippen molar-refractivity contribution in [3.63, 3.8) is 0 Å². The molecule has 20 heavy (non-hydrogen) atoms. The molecule has 0 aliphatic rings. The van der Waals surface area contributed by atoms with Crippen molar-refractivity contribution in [2.45, 2.75) is 11.8 Å². The first kappa shape index (κ1) is 13.8. The fourth-order valence-electron chi connectivity index (χ4n) is 1.61. The van der Waals surface area contributed by atoms with Crippen molar-refractivity contribution >= 4 is 15.7 Å². The minimum atomic E-state index is -3.99. The van der Waals surface area contributed by atoms with Crippen LogP contribution in [0.3, 0.4) is 0 Å². The number of nitriles is 1. The van der Waals surface area contributed by atoms with Gasteiger partial charge >= 0.3 is 0 Å². The topological polar surface area (TPSA) is 103 Å². The van der Waals surface area contributed by atoms with Crippen molar-refractivity contribution in [2.75, 3.05) is 4.72 Å². The minimum Gasteiger partial charge on any atom is -0.366 e. The molecule has 102 valence electrons. The zero-order chi connectivity index (χ0) is 14.8. The van der Waals surface area contributed by atoms with Crippen LogP contribution in [0.1, 0.15) is 11.1 Å². The first-order chi connectivity index (χ1) is 9.44. The fraction of sp³-hybridized carbons (Fsp3) is 0.0769. The van der Waals surface area contributed by atoms with E-state index in [4.69, 9.17) is 5.26 Å². The van der Waals surface area contributed by atoms with Crippen LogP contribution < -0.4 is 10.2 Å². The van der Waals surface area contributed by atoms with Gasteiger partial charge in [0.2, 0.25) is 5.43 Å². The highest BCUT2D eigenvalue weighted by molar-refractivity contribution is 7.92. The molecule has 6 nitrogen and oxygen atoms in total. The van der Waals surface area contributed by atoms with Crippen LogP contribution in [0.15, 0.2) is 46.3 Å². The predicted octanol–water partition coefficient (Wildman–Crippen LogP) is 1.36. The normalized spacial score (nSPS) is 10.8. The molecule has 0 aliphatic heterocycles. The van der Waals surface area contributed by atoms with Gasteiger partial charge in [-0.05, 0) is 24.6 Å². The number of H-pyrrole nitrogens is 1. The van der Waals surface area contributed by atoms with E-state index in [9.17, 15) is 13.2 Å². The number of rotatable bonds is 3. The molecule has 0 saturated heterocycles. The number of aromatic nitrogens is 1. The third kappa shape index (κ3) is 2.70. The Labute approximate surface area is 115 Å². The second-order valence-corrected chi connectivity index (χ2v) is 5.77. The molecule has 2 rings (SSSR count). The van der Waals surface area contributed by atoms with Gasteiger partial charge < -0.3 is 4.98 Å². The van der Waals surface area contributed by atoms with E-state index in [1.807, 2.05) is 6.07 Å². The molecule has 0 saturated carbocycles. The molecule has 0 amide bonds. The van der Waals surface area contributed by atoms with Crippen LogP contribution in [-0.4, -0.2) is 13.4 Å². The Hall–Kier alpha value is -2.59. The molecule has 1 aromatic carbocycles. The monoisotopic (exact) mass is 289 g/mol. The number of pyridine rings is 1. The quantitative estimate of drug-likeness (QED) is 0.890. The van der Waals surface area contributed by atoms with Gasteiger partial charge in [0.05, 0.1) is 17.3 Å². The fourth-order valence-corrected chi connectivity index (χ4v) is 2.79. The molecule has 0 aliphatic carbocycles. The number of hydrogen-bond acceptors (Lipinski definition) is 4. The molecule has 7 heteroatoms. The first-order valence-electron chi connectivity index (χ1n) is 5.65. The summed E-state index contributed by atoms with van der Waals surface area (Å²) in [6.45, 7) is 1.70. The van der Waals surface area contributed by atoms with E-state index in [0.717, 1.165) is 12.3 Å². The van der Waals surface area contributed by atoms with Crippen LogP contribution in [0.2, 0.25) is 0 Å². The van der Waals surface area contributed by atoms with Gasteiger partial charge in [-0.2, -0.15) is 5.26 Å². The van der Waals surface area contributed by atoms with E-state index in [1.165, 1.54) is 12.3 Å². The Morgan fingerprint density at radius 2 is 2.05 bits per heavy atom. The zero-order valence-electron chi connectivity index (χ0n) is 10.5. The van der Waals surface area contributed by atoms with Gasteiger partial charge in [0.15, 0.2) is 4.90 Å². The number of nitrogens with zero attached hydrogens (tertiary/aromatic N) is 1. The zero-order valence-corrected chi connectivity index (χ0v) is 11.4. The molecular formula is C13H11N3O3S. The number of nitrogens with one attached hydrogen (secondary N) is 2. The number of sulfonamides is 1. The van der Waals surface area contributed by atoms with Crippen LogP contribution in [0.4, 0.5) is 5.69 Å². The van der Waals surface area contributed by atoms with Crippen molar-refractivity contribution in [1.29, 1.82) is 5.26 Å². The Balaban J connectivity index is 2.47. The summed E-state index contributed by atoms with van der Waals surface area (Å²) in [6, 6.07) is 7.70. The standard InChI is InChI=1S/C13H11N3O3S/c1-9-2-3-10(7-14)6-11(9)16-20(18,19)13-8-15-5-4-12(13)17/h2-6,8,16H,1H3,(H,15,17). The maximum absolute atomic E-state index is 12.2. The van der Waals surface area contributed by atoms with Crippen molar-refractivity contribution in [2.24, 2.45) is 0 Å². The smallest absolute Gasteiger partial charge is 0.267 e. The van der Waals surface area contributed by atoms with E-state index in [-0.39, 0.29) is 10.6 Å². The summed E-state index contributed by atoms with van der Waals surface area (Å²) in [6.07, 6.45) is 2.47. The van der Waals surface area contributed by atoms with Gasteiger partial charge in [0.1, 0.15) is 0 Å². The average Bonchev–Trinajstić information content (AvgIpc) is 2.41. The van der Waals surface area contributed by atoms with E-state index in [0.29, 0.717) is 11.1 Å². The Morgan fingerprint density at radius 3 is 2.70 bits per heavy atom. The third-order valence-electron chi connectivity index (χ3n) is 2.69. The van der Waals surface area contributed by atoms with Crippen molar-refractivity contribution in [3.05, 3.63) is 58.0 Å². The second kappa shape index (κ2) is 5.19. The lowest BCUT2D eigenvalue weighted by Gasteiger charge is -2.10. The molecule has 0 atom stereocenters. The molecule has 1 heterocycles.